The van der Waals surface area contributed by atoms with Crippen LogP contribution in [-0.2, 0) is 37.6 Å². The van der Waals surface area contributed by atoms with Crippen molar-refractivity contribution in [2.45, 2.75) is 18.0 Å². The number of oxime groups is 1. The standard InChI is InChI=1S/C19H20N8O7S2/c1-25-10(20)2-3-26(25)4-8-6-35-17-13(16(31)27(17)14(8)18(32)33)23-15(30)12(24-34-5-11(28)29)9-7-36-19(21)22-9/h2-3,7,13,17,20H,4-6H2,1H3,(H5,21,22,23,28,29,30,32,33)/t13-,17-/m1/s1. The van der Waals surface area contributed by atoms with Crippen LogP contribution in [0.2, 0.25) is 0 Å². The van der Waals surface area contributed by atoms with Crippen molar-refractivity contribution in [3.05, 3.63) is 34.6 Å². The molecule has 0 unspecified atom stereocenters. The number of hydrogen-bond donors (Lipinski definition) is 4. The lowest BCUT2D eigenvalue weighted by molar-refractivity contribution is -0.765. The highest BCUT2D eigenvalue weighted by Gasteiger charge is 2.53. The Balaban J connectivity index is 1.53. The van der Waals surface area contributed by atoms with Crippen LogP contribution in [0.4, 0.5) is 10.9 Å². The van der Waals surface area contributed by atoms with Gasteiger partial charge in [-0.3, -0.25) is 14.5 Å². The fourth-order valence-electron chi connectivity index (χ4n) is 3.63. The lowest BCUT2D eigenvalue weighted by Gasteiger charge is -2.50. The molecule has 0 aromatic carbocycles. The third-order valence-electron chi connectivity index (χ3n) is 5.38. The Labute approximate surface area is 211 Å². The fourth-order valence-corrected chi connectivity index (χ4v) is 5.51. The van der Waals surface area contributed by atoms with E-state index in [1.165, 1.54) is 17.1 Å². The van der Waals surface area contributed by atoms with Gasteiger partial charge in [0.25, 0.3) is 11.8 Å². The van der Waals surface area contributed by atoms with E-state index in [9.17, 15) is 24.3 Å². The van der Waals surface area contributed by atoms with Crippen molar-refractivity contribution in [3.63, 3.8) is 0 Å². The summed E-state index contributed by atoms with van der Waals surface area (Å²) in [5, 5.41) is 27.6. The molecule has 0 bridgehead atoms. The molecular weight excluding hydrogens is 516 g/mol. The van der Waals surface area contributed by atoms with Crippen molar-refractivity contribution in [3.8, 4) is 0 Å². The molecule has 0 spiro atoms. The molecule has 36 heavy (non-hydrogen) atoms. The number of carbonyl (C=O) groups is 4. The molecule has 1 saturated heterocycles. The number of nitrogens with zero attached hydrogens (tertiary/aromatic N) is 5. The van der Waals surface area contributed by atoms with Gasteiger partial charge >= 0.3 is 5.97 Å². The number of anilines is 2. The number of aliphatic carboxylic acids is 2. The van der Waals surface area contributed by atoms with Crippen LogP contribution in [0.25, 0.3) is 0 Å². The van der Waals surface area contributed by atoms with Gasteiger partial charge in [0.1, 0.15) is 17.1 Å². The highest BCUT2D eigenvalue weighted by atomic mass is 32.2. The number of nitrogens with two attached hydrogens (primary N) is 2. The monoisotopic (exact) mass is 536 g/mol. The zero-order chi connectivity index (χ0) is 26.1. The number of hydrogen-bond acceptors (Lipinski definition) is 12. The highest BCUT2D eigenvalue weighted by Crippen LogP contribution is 2.40. The Kier molecular flexibility index (Phi) is 6.84. The smallest absolute Gasteiger partial charge is 0.344 e. The van der Waals surface area contributed by atoms with Gasteiger partial charge in [-0.25, -0.2) is 9.78 Å². The van der Waals surface area contributed by atoms with Gasteiger partial charge in [0.05, 0.1) is 24.8 Å². The zero-order valence-electron chi connectivity index (χ0n) is 18.6. The summed E-state index contributed by atoms with van der Waals surface area (Å²) in [6.07, 6.45) is 1.69. The Morgan fingerprint density at radius 2 is 2.17 bits per heavy atom. The first kappa shape index (κ1) is 25.0. The number of fused-ring (bicyclic) bond motifs is 1. The Morgan fingerprint density at radius 3 is 2.75 bits per heavy atom. The summed E-state index contributed by atoms with van der Waals surface area (Å²) < 4.78 is 3.33. The number of nitrogen functional groups attached to an aromatic ring is 2. The average Bonchev–Trinajstić information content (AvgIpc) is 3.39. The van der Waals surface area contributed by atoms with Gasteiger partial charge in [-0.05, 0) is 0 Å². The number of nitrogens with one attached hydrogen (secondary N) is 1. The first-order chi connectivity index (χ1) is 17.1. The van der Waals surface area contributed by atoms with Gasteiger partial charge in [0, 0.05) is 16.7 Å². The van der Waals surface area contributed by atoms with E-state index in [1.807, 2.05) is 0 Å². The van der Waals surface area contributed by atoms with Crippen LogP contribution in [0.5, 0.6) is 0 Å². The van der Waals surface area contributed by atoms with Crippen LogP contribution in [0.15, 0.2) is 34.1 Å². The second kappa shape index (κ2) is 9.86. The molecule has 2 aliphatic rings. The number of amides is 2. The van der Waals surface area contributed by atoms with E-state index >= 15 is 0 Å². The van der Waals surface area contributed by atoms with E-state index in [-0.39, 0.29) is 34.5 Å². The molecule has 0 saturated carbocycles. The number of β-lactam (4-membered cyclic amide) rings is 1. The molecule has 4 heterocycles. The molecule has 15 nitrogen and oxygen atoms in total. The second-order valence-corrected chi connectivity index (χ2v) is 9.64. The average molecular weight is 537 g/mol. The van der Waals surface area contributed by atoms with Gasteiger partial charge in [-0.1, -0.05) is 5.16 Å². The Morgan fingerprint density at radius 1 is 1.42 bits per heavy atom. The molecule has 1 fully saturated rings. The van der Waals surface area contributed by atoms with Crippen molar-refractivity contribution < 1.29 is 38.9 Å². The normalized spacial score (nSPS) is 19.5. The van der Waals surface area contributed by atoms with E-state index in [4.69, 9.17) is 16.6 Å². The number of thiazole rings is 1. The summed E-state index contributed by atoms with van der Waals surface area (Å²) >= 11 is 2.29. The van der Waals surface area contributed by atoms with Crippen LogP contribution >= 0.6 is 23.1 Å². The highest BCUT2D eigenvalue weighted by molar-refractivity contribution is 8.00. The molecule has 190 valence electrons. The third-order valence-corrected chi connectivity index (χ3v) is 7.39. The Hall–Kier alpha value is -4.12. The minimum absolute atomic E-state index is 0.0248. The number of thioether (sulfide) groups is 1. The lowest BCUT2D eigenvalue weighted by atomic mass is 10.0. The van der Waals surface area contributed by atoms with Crippen molar-refractivity contribution in [1.29, 1.82) is 0 Å². The molecule has 0 radical (unpaired) electrons. The summed E-state index contributed by atoms with van der Waals surface area (Å²) in [7, 11) is 1.71. The number of carbonyl (C=O) groups excluding carboxylic acids is 3. The first-order valence-electron chi connectivity index (χ1n) is 10.2. The van der Waals surface area contributed by atoms with E-state index in [0.717, 1.165) is 16.2 Å². The van der Waals surface area contributed by atoms with E-state index in [1.54, 1.807) is 28.7 Å². The second-order valence-electron chi connectivity index (χ2n) is 7.64. The first-order valence-corrected chi connectivity index (χ1v) is 12.1. The van der Waals surface area contributed by atoms with Gasteiger partial charge in [-0.15, -0.1) is 32.5 Å². The summed E-state index contributed by atoms with van der Waals surface area (Å²) in [4.78, 5) is 58.3. The molecule has 2 aromatic rings. The minimum atomic E-state index is -1.52. The largest absolute Gasteiger partial charge is 0.543 e. The fraction of sp³-hybridized carbons (Fsp3) is 0.316. The molecule has 2 amide bonds. The SMILES string of the molecule is Cn1c(N)cc[n+]1CC1=C(C(=O)[O-])N2C(=O)[C@@H](NC(=O)C(=NOCC(=O)O)c3csc(N)n3)[C@H]2SC1. The van der Waals surface area contributed by atoms with E-state index in [2.05, 4.69) is 20.3 Å². The maximum absolute atomic E-state index is 12.9. The van der Waals surface area contributed by atoms with Crippen LogP contribution < -0.4 is 26.6 Å². The maximum atomic E-state index is 12.9. The van der Waals surface area contributed by atoms with Crippen LogP contribution in [0.3, 0.4) is 0 Å². The molecule has 17 heteroatoms. The van der Waals surface area contributed by atoms with E-state index in [0.29, 0.717) is 11.4 Å². The summed E-state index contributed by atoms with van der Waals surface area (Å²) in [5.41, 5.74) is 11.3. The molecule has 2 atom stereocenters. The molecule has 4 rings (SSSR count). The van der Waals surface area contributed by atoms with Gasteiger partial charge in [0.2, 0.25) is 6.61 Å². The molecule has 2 aliphatic heterocycles. The molecular formula is C19H20N8O7S2. The number of carboxylic acid groups (broad SMARTS) is 2. The summed E-state index contributed by atoms with van der Waals surface area (Å²) in [6.45, 7) is -0.640. The van der Waals surface area contributed by atoms with Crippen LogP contribution in [-0.4, -0.2) is 72.9 Å². The van der Waals surface area contributed by atoms with Gasteiger partial charge in [0.15, 0.2) is 29.4 Å². The quantitative estimate of drug-likeness (QED) is 0.108. The minimum Gasteiger partial charge on any atom is -0.543 e. The molecule has 0 aliphatic carbocycles. The zero-order valence-corrected chi connectivity index (χ0v) is 20.2. The van der Waals surface area contributed by atoms with E-state index < -0.39 is 41.8 Å². The lowest BCUT2D eigenvalue weighted by Crippen LogP contribution is -2.71. The third kappa shape index (κ3) is 4.69. The summed E-state index contributed by atoms with van der Waals surface area (Å²) in [6, 6.07) is 0.589. The van der Waals surface area contributed by atoms with Crippen molar-refractivity contribution in [1.82, 2.24) is 19.9 Å². The predicted molar refractivity (Wildman–Crippen MR) is 124 cm³/mol. The number of aromatic nitrogens is 3. The summed E-state index contributed by atoms with van der Waals surface area (Å²) in [5.74, 6) is -3.62. The van der Waals surface area contributed by atoms with Crippen LogP contribution in [0.1, 0.15) is 5.69 Å². The van der Waals surface area contributed by atoms with Crippen LogP contribution in [0, 0.1) is 0 Å². The number of rotatable bonds is 9. The predicted octanol–water partition coefficient (Wildman–Crippen LogP) is -3.16. The van der Waals surface area contributed by atoms with Gasteiger partial charge in [-0.2, -0.15) is 0 Å². The molecule has 2 aromatic heterocycles. The number of carboxylic acids is 2. The Bertz CT molecular complexity index is 1320. The van der Waals surface area contributed by atoms with Crippen molar-refractivity contribution in [2.75, 3.05) is 23.8 Å². The topological polar surface area (TPSA) is 222 Å². The maximum Gasteiger partial charge on any atom is 0.344 e. The van der Waals surface area contributed by atoms with Crippen molar-refractivity contribution >= 4 is 63.5 Å². The van der Waals surface area contributed by atoms with Gasteiger partial charge < -0.3 is 36.6 Å². The van der Waals surface area contributed by atoms with Crippen molar-refractivity contribution in [2.24, 2.45) is 12.2 Å². The molecule has 6 N–H and O–H groups in total.